The molecule has 1 N–H and O–H groups in total. The Hall–Kier alpha value is -3.18. The van der Waals surface area contributed by atoms with Gasteiger partial charge < -0.3 is 10.0 Å². The SMILES string of the molecule is CC(C)/C(=C1\C(=O)N(Cc2cccc(C(=O)O)c2)c2ccccc21)c1ccsc1. The van der Waals surface area contributed by atoms with Crippen LogP contribution in [-0.4, -0.2) is 17.0 Å². The number of carboxylic acids is 1. The summed E-state index contributed by atoms with van der Waals surface area (Å²) in [5.41, 5.74) is 5.67. The number of aromatic carboxylic acids is 1. The molecule has 0 saturated carbocycles. The maximum absolute atomic E-state index is 13.6. The van der Waals surface area contributed by atoms with Gasteiger partial charge in [0, 0.05) is 5.56 Å². The maximum atomic E-state index is 13.6. The molecule has 1 amide bonds. The van der Waals surface area contributed by atoms with Crippen LogP contribution >= 0.6 is 11.3 Å². The molecule has 1 aliphatic rings. The first kappa shape index (κ1) is 19.2. The van der Waals surface area contributed by atoms with E-state index in [1.807, 2.05) is 35.7 Å². The summed E-state index contributed by atoms with van der Waals surface area (Å²) in [5, 5.41) is 13.4. The number of carboxylic acid groups (broad SMARTS) is 1. The summed E-state index contributed by atoms with van der Waals surface area (Å²) >= 11 is 1.62. The second kappa shape index (κ2) is 7.68. The van der Waals surface area contributed by atoms with Crippen molar-refractivity contribution in [3.05, 3.63) is 87.6 Å². The van der Waals surface area contributed by atoms with Crippen molar-refractivity contribution in [3.8, 4) is 0 Å². The van der Waals surface area contributed by atoms with Crippen LogP contribution in [0.1, 0.15) is 40.9 Å². The van der Waals surface area contributed by atoms with Crippen LogP contribution in [0, 0.1) is 5.92 Å². The lowest BCUT2D eigenvalue weighted by Crippen LogP contribution is -2.26. The van der Waals surface area contributed by atoms with E-state index < -0.39 is 5.97 Å². The van der Waals surface area contributed by atoms with Crippen molar-refractivity contribution in [2.45, 2.75) is 20.4 Å². The molecule has 0 aliphatic carbocycles. The first-order chi connectivity index (χ1) is 14.0. The summed E-state index contributed by atoms with van der Waals surface area (Å²) in [4.78, 5) is 26.6. The highest BCUT2D eigenvalue weighted by atomic mass is 32.1. The maximum Gasteiger partial charge on any atom is 0.335 e. The van der Waals surface area contributed by atoms with E-state index in [1.54, 1.807) is 34.4 Å². The van der Waals surface area contributed by atoms with E-state index in [0.717, 1.165) is 33.5 Å². The summed E-state index contributed by atoms with van der Waals surface area (Å²) in [5.74, 6) is -0.825. The van der Waals surface area contributed by atoms with Crippen LogP contribution in [0.25, 0.3) is 11.1 Å². The number of hydrogen-bond donors (Lipinski definition) is 1. The summed E-state index contributed by atoms with van der Waals surface area (Å²) in [7, 11) is 0. The standard InChI is InChI=1S/C24H21NO3S/c1-15(2)21(18-10-11-29-14-18)22-19-8-3-4-9-20(19)25(23(22)26)13-16-6-5-7-17(12-16)24(27)28/h3-12,14-15H,13H2,1-2H3,(H,27,28)/b22-21+. The number of allylic oxidation sites excluding steroid dienone is 1. The zero-order valence-corrected chi connectivity index (χ0v) is 17.1. The van der Waals surface area contributed by atoms with Gasteiger partial charge in [-0.2, -0.15) is 11.3 Å². The lowest BCUT2D eigenvalue weighted by Gasteiger charge is -2.18. The summed E-state index contributed by atoms with van der Waals surface area (Å²) in [6.07, 6.45) is 0. The van der Waals surface area contributed by atoms with E-state index in [9.17, 15) is 14.7 Å². The number of rotatable bonds is 5. The lowest BCUT2D eigenvalue weighted by molar-refractivity contribution is -0.113. The fourth-order valence-electron chi connectivity index (χ4n) is 3.87. The van der Waals surface area contributed by atoms with Crippen LogP contribution in [0.3, 0.4) is 0 Å². The molecule has 0 radical (unpaired) electrons. The van der Waals surface area contributed by atoms with Crippen LogP contribution in [0.4, 0.5) is 5.69 Å². The minimum Gasteiger partial charge on any atom is -0.478 e. The highest BCUT2D eigenvalue weighted by Crippen LogP contribution is 2.43. The predicted octanol–water partition coefficient (Wildman–Crippen LogP) is 5.56. The Balaban J connectivity index is 1.83. The second-order valence-corrected chi connectivity index (χ2v) is 8.15. The van der Waals surface area contributed by atoms with Crippen LogP contribution in [0.2, 0.25) is 0 Å². The molecule has 29 heavy (non-hydrogen) atoms. The number of para-hydroxylation sites is 1. The average Bonchev–Trinajstić information content (AvgIpc) is 3.32. The van der Waals surface area contributed by atoms with Gasteiger partial charge >= 0.3 is 5.97 Å². The first-order valence-electron chi connectivity index (χ1n) is 9.47. The van der Waals surface area contributed by atoms with Gasteiger partial charge in [-0.05, 0) is 57.6 Å². The van der Waals surface area contributed by atoms with Crippen LogP contribution in [0.5, 0.6) is 0 Å². The number of carbonyl (C=O) groups excluding carboxylic acids is 1. The second-order valence-electron chi connectivity index (χ2n) is 7.37. The minimum absolute atomic E-state index is 0.0400. The Morgan fingerprint density at radius 1 is 1.07 bits per heavy atom. The zero-order chi connectivity index (χ0) is 20.5. The van der Waals surface area contributed by atoms with Gasteiger partial charge in [0.25, 0.3) is 5.91 Å². The van der Waals surface area contributed by atoms with Gasteiger partial charge in [0.05, 0.1) is 23.4 Å². The third kappa shape index (κ3) is 3.49. The molecule has 1 aromatic heterocycles. The summed E-state index contributed by atoms with van der Waals surface area (Å²) in [6, 6.07) is 16.6. The quantitative estimate of drug-likeness (QED) is 0.568. The molecule has 2 aromatic carbocycles. The first-order valence-corrected chi connectivity index (χ1v) is 10.4. The number of nitrogens with zero attached hydrogens (tertiary/aromatic N) is 1. The molecule has 0 bridgehead atoms. The molecule has 5 heteroatoms. The molecule has 0 saturated heterocycles. The number of anilines is 1. The fourth-order valence-corrected chi connectivity index (χ4v) is 4.52. The van der Waals surface area contributed by atoms with Crippen molar-refractivity contribution in [1.29, 1.82) is 0 Å². The van der Waals surface area contributed by atoms with Crippen molar-refractivity contribution in [2.24, 2.45) is 5.92 Å². The largest absolute Gasteiger partial charge is 0.478 e. The highest BCUT2D eigenvalue weighted by Gasteiger charge is 2.35. The van der Waals surface area contributed by atoms with Crippen molar-refractivity contribution < 1.29 is 14.7 Å². The third-order valence-corrected chi connectivity index (χ3v) is 5.80. The average molecular weight is 404 g/mol. The number of carbonyl (C=O) groups is 2. The Kier molecular flexibility index (Phi) is 5.07. The molecular formula is C24H21NO3S. The van der Waals surface area contributed by atoms with E-state index in [-0.39, 0.29) is 17.4 Å². The third-order valence-electron chi connectivity index (χ3n) is 5.12. The van der Waals surface area contributed by atoms with Crippen LogP contribution in [-0.2, 0) is 11.3 Å². The number of hydrogen-bond acceptors (Lipinski definition) is 3. The Morgan fingerprint density at radius 2 is 1.86 bits per heavy atom. The Labute approximate surface area is 173 Å². The topological polar surface area (TPSA) is 57.6 Å². The van der Waals surface area contributed by atoms with Gasteiger partial charge in [-0.15, -0.1) is 0 Å². The molecule has 146 valence electrons. The van der Waals surface area contributed by atoms with Crippen molar-refractivity contribution in [1.82, 2.24) is 0 Å². The van der Waals surface area contributed by atoms with E-state index in [2.05, 4.69) is 25.3 Å². The van der Waals surface area contributed by atoms with Gasteiger partial charge in [-0.3, -0.25) is 4.79 Å². The van der Waals surface area contributed by atoms with Gasteiger partial charge in [0.2, 0.25) is 0 Å². The Morgan fingerprint density at radius 3 is 2.55 bits per heavy atom. The van der Waals surface area contributed by atoms with Crippen LogP contribution in [0.15, 0.2) is 65.4 Å². The monoisotopic (exact) mass is 403 g/mol. The molecule has 2 heterocycles. The molecule has 0 fully saturated rings. The van der Waals surface area contributed by atoms with Crippen molar-refractivity contribution in [2.75, 3.05) is 4.90 Å². The number of fused-ring (bicyclic) bond motifs is 1. The molecule has 0 atom stereocenters. The van der Waals surface area contributed by atoms with E-state index in [4.69, 9.17) is 0 Å². The molecule has 0 unspecified atom stereocenters. The fraction of sp³-hybridized carbons (Fsp3) is 0.167. The lowest BCUT2D eigenvalue weighted by atomic mass is 9.89. The van der Waals surface area contributed by atoms with E-state index in [0.29, 0.717) is 6.54 Å². The summed E-state index contributed by atoms with van der Waals surface area (Å²) in [6.45, 7) is 4.54. The molecule has 0 spiro atoms. The molecule has 4 rings (SSSR count). The van der Waals surface area contributed by atoms with Gasteiger partial charge in [-0.1, -0.05) is 44.2 Å². The highest BCUT2D eigenvalue weighted by molar-refractivity contribution is 7.08. The van der Waals surface area contributed by atoms with E-state index in [1.165, 1.54) is 0 Å². The molecule has 1 aliphatic heterocycles. The number of benzene rings is 2. The number of amides is 1. The normalized spacial score (nSPS) is 15.0. The minimum atomic E-state index is -0.972. The molecular weight excluding hydrogens is 382 g/mol. The van der Waals surface area contributed by atoms with Gasteiger partial charge in [-0.25, -0.2) is 4.79 Å². The Bertz CT molecular complexity index is 1110. The van der Waals surface area contributed by atoms with Crippen molar-refractivity contribution >= 4 is 40.0 Å². The van der Waals surface area contributed by atoms with Gasteiger partial charge in [0.15, 0.2) is 0 Å². The zero-order valence-electron chi connectivity index (χ0n) is 16.3. The predicted molar refractivity (Wildman–Crippen MR) is 117 cm³/mol. The van der Waals surface area contributed by atoms with Gasteiger partial charge in [0.1, 0.15) is 0 Å². The smallest absolute Gasteiger partial charge is 0.335 e. The van der Waals surface area contributed by atoms with Crippen molar-refractivity contribution in [3.63, 3.8) is 0 Å². The summed E-state index contributed by atoms with van der Waals surface area (Å²) < 4.78 is 0. The van der Waals surface area contributed by atoms with E-state index >= 15 is 0 Å². The van der Waals surface area contributed by atoms with Crippen LogP contribution < -0.4 is 4.90 Å². The number of thiophene rings is 1. The molecule has 4 nitrogen and oxygen atoms in total. The molecule has 3 aromatic rings.